The lowest BCUT2D eigenvalue weighted by molar-refractivity contribution is 0.895. The van der Waals surface area contributed by atoms with Gasteiger partial charge in [0, 0.05) is 0 Å². The molecule has 0 fully saturated rings. The van der Waals surface area contributed by atoms with Crippen molar-refractivity contribution in [2.24, 2.45) is 15.9 Å². The highest BCUT2D eigenvalue weighted by atomic mass is 15.0. The first-order valence-electron chi connectivity index (χ1n) is 3.41. The monoisotopic (exact) mass is 150 g/mol. The van der Waals surface area contributed by atoms with Gasteiger partial charge in [-0.1, -0.05) is 13.8 Å². The van der Waals surface area contributed by atoms with E-state index in [9.17, 15) is 0 Å². The van der Waals surface area contributed by atoms with Crippen molar-refractivity contribution in [3.8, 4) is 0 Å². The fraction of sp³-hybridized carbons (Fsp3) is 0.429. The molecule has 0 spiro atoms. The van der Waals surface area contributed by atoms with Gasteiger partial charge in [-0.15, -0.1) is 0 Å². The molecule has 0 saturated carbocycles. The molecule has 0 aromatic heterocycles. The number of hydrogen-bond acceptors (Lipinski definition) is 3. The Bertz CT molecular complexity index is 260. The van der Waals surface area contributed by atoms with E-state index in [1.165, 1.54) is 6.34 Å². The standard InChI is InChI=1S/C7H10N4/c1-4(2)6-5(8)7(9)11-3-10-6/h3-4,8-9H,1-2H3. The van der Waals surface area contributed by atoms with E-state index in [4.69, 9.17) is 10.8 Å². The molecular weight excluding hydrogens is 140 g/mol. The van der Waals surface area contributed by atoms with Crippen molar-refractivity contribution in [1.29, 1.82) is 10.8 Å². The van der Waals surface area contributed by atoms with E-state index in [2.05, 4.69) is 9.98 Å². The summed E-state index contributed by atoms with van der Waals surface area (Å²) in [5.74, 6) is 0.193. The highest BCUT2D eigenvalue weighted by Gasteiger charge is 2.17. The second-order valence-electron chi connectivity index (χ2n) is 2.64. The van der Waals surface area contributed by atoms with Crippen LogP contribution in [-0.4, -0.2) is 23.6 Å². The molecule has 0 atom stereocenters. The molecule has 11 heavy (non-hydrogen) atoms. The van der Waals surface area contributed by atoms with Crippen LogP contribution >= 0.6 is 0 Å². The van der Waals surface area contributed by atoms with Crippen LogP contribution in [-0.2, 0) is 0 Å². The zero-order valence-corrected chi connectivity index (χ0v) is 6.55. The number of aliphatic imine (C=N–C) groups is 2. The molecule has 4 heteroatoms. The Hall–Kier alpha value is -1.32. The molecule has 0 radical (unpaired) electrons. The van der Waals surface area contributed by atoms with Gasteiger partial charge in [-0.2, -0.15) is 0 Å². The van der Waals surface area contributed by atoms with Crippen molar-refractivity contribution in [3.63, 3.8) is 0 Å². The Morgan fingerprint density at radius 2 is 2.00 bits per heavy atom. The second-order valence-corrected chi connectivity index (χ2v) is 2.64. The summed E-state index contributed by atoms with van der Waals surface area (Å²) < 4.78 is 0. The van der Waals surface area contributed by atoms with E-state index in [0.29, 0.717) is 5.71 Å². The molecule has 0 saturated heterocycles. The molecule has 1 aliphatic rings. The largest absolute Gasteiger partial charge is 0.295 e. The molecule has 1 rings (SSSR count). The zero-order valence-electron chi connectivity index (χ0n) is 6.55. The predicted octanol–water partition coefficient (Wildman–Crippen LogP) is 1.12. The van der Waals surface area contributed by atoms with Crippen LogP contribution in [0.5, 0.6) is 0 Å². The topological polar surface area (TPSA) is 72.4 Å². The summed E-state index contributed by atoms with van der Waals surface area (Å²) >= 11 is 0. The van der Waals surface area contributed by atoms with E-state index < -0.39 is 0 Å². The Morgan fingerprint density at radius 1 is 1.36 bits per heavy atom. The third kappa shape index (κ3) is 1.39. The Morgan fingerprint density at radius 3 is 2.45 bits per heavy atom. The smallest absolute Gasteiger partial charge is 0.173 e. The Kier molecular flexibility index (Phi) is 1.94. The summed E-state index contributed by atoms with van der Waals surface area (Å²) in [5, 5.41) is 14.6. The van der Waals surface area contributed by atoms with Gasteiger partial charge < -0.3 is 0 Å². The van der Waals surface area contributed by atoms with Crippen LogP contribution in [0.1, 0.15) is 13.8 Å². The van der Waals surface area contributed by atoms with Gasteiger partial charge in [0.1, 0.15) is 12.1 Å². The van der Waals surface area contributed by atoms with Crippen molar-refractivity contribution >= 4 is 23.6 Å². The lowest BCUT2D eigenvalue weighted by Gasteiger charge is -2.11. The van der Waals surface area contributed by atoms with Gasteiger partial charge >= 0.3 is 0 Å². The summed E-state index contributed by atoms with van der Waals surface area (Å²) in [7, 11) is 0. The summed E-state index contributed by atoms with van der Waals surface area (Å²) in [6.45, 7) is 3.89. The van der Waals surface area contributed by atoms with Crippen LogP contribution in [0.3, 0.4) is 0 Å². The van der Waals surface area contributed by atoms with Gasteiger partial charge in [-0.25, -0.2) is 9.98 Å². The number of rotatable bonds is 1. The summed E-state index contributed by atoms with van der Waals surface area (Å²) in [6, 6.07) is 0. The van der Waals surface area contributed by atoms with Gasteiger partial charge in [0.2, 0.25) is 0 Å². The first kappa shape index (κ1) is 7.78. The maximum atomic E-state index is 7.41. The van der Waals surface area contributed by atoms with E-state index in [1.807, 2.05) is 13.8 Å². The normalized spacial score (nSPS) is 17.5. The third-order valence-corrected chi connectivity index (χ3v) is 1.42. The molecule has 58 valence electrons. The van der Waals surface area contributed by atoms with Crippen molar-refractivity contribution < 1.29 is 0 Å². The highest BCUT2D eigenvalue weighted by molar-refractivity contribution is 6.68. The van der Waals surface area contributed by atoms with E-state index >= 15 is 0 Å². The van der Waals surface area contributed by atoms with Crippen LogP contribution in [0.2, 0.25) is 0 Å². The maximum absolute atomic E-state index is 7.41. The van der Waals surface area contributed by atoms with E-state index in [-0.39, 0.29) is 17.5 Å². The fourth-order valence-corrected chi connectivity index (χ4v) is 0.837. The van der Waals surface area contributed by atoms with Crippen LogP contribution in [0.15, 0.2) is 9.98 Å². The first-order chi connectivity index (χ1) is 5.13. The summed E-state index contributed by atoms with van der Waals surface area (Å²) in [4.78, 5) is 7.51. The predicted molar refractivity (Wildman–Crippen MR) is 46.2 cm³/mol. The molecule has 4 nitrogen and oxygen atoms in total. The van der Waals surface area contributed by atoms with Crippen LogP contribution in [0, 0.1) is 16.7 Å². The quantitative estimate of drug-likeness (QED) is 0.562. The van der Waals surface area contributed by atoms with Gasteiger partial charge in [0.15, 0.2) is 5.84 Å². The second kappa shape index (κ2) is 2.74. The van der Waals surface area contributed by atoms with Crippen LogP contribution in [0.4, 0.5) is 0 Å². The molecular formula is C7H10N4. The SMILES string of the molecule is CC(C)C1=NC=NC(=N)C1=N. The Balaban J connectivity index is 2.96. The molecule has 0 aromatic carbocycles. The van der Waals surface area contributed by atoms with Crippen LogP contribution < -0.4 is 0 Å². The van der Waals surface area contributed by atoms with Gasteiger partial charge in [0.25, 0.3) is 0 Å². The number of hydrogen-bond donors (Lipinski definition) is 2. The lowest BCUT2D eigenvalue weighted by Crippen LogP contribution is -2.28. The highest BCUT2D eigenvalue weighted by Crippen LogP contribution is 2.03. The molecule has 2 N–H and O–H groups in total. The van der Waals surface area contributed by atoms with E-state index in [0.717, 1.165) is 0 Å². The van der Waals surface area contributed by atoms with E-state index in [1.54, 1.807) is 0 Å². The fourth-order valence-electron chi connectivity index (χ4n) is 0.837. The summed E-state index contributed by atoms with van der Waals surface area (Å²) in [5.41, 5.74) is 0.785. The number of amidine groups is 1. The van der Waals surface area contributed by atoms with Crippen molar-refractivity contribution in [2.45, 2.75) is 13.8 Å². The third-order valence-electron chi connectivity index (χ3n) is 1.42. The average molecular weight is 150 g/mol. The number of nitrogens with one attached hydrogen (secondary N) is 2. The minimum absolute atomic E-state index is 0.00343. The van der Waals surface area contributed by atoms with Gasteiger partial charge in [0.05, 0.1) is 5.71 Å². The first-order valence-corrected chi connectivity index (χ1v) is 3.41. The lowest BCUT2D eigenvalue weighted by atomic mass is 10.0. The molecule has 0 unspecified atom stereocenters. The van der Waals surface area contributed by atoms with Crippen LogP contribution in [0.25, 0.3) is 0 Å². The molecule has 0 bridgehead atoms. The Labute approximate surface area is 65.1 Å². The molecule has 1 heterocycles. The molecule has 0 aliphatic carbocycles. The zero-order chi connectivity index (χ0) is 8.43. The van der Waals surface area contributed by atoms with Gasteiger partial charge in [-0.3, -0.25) is 10.8 Å². The molecule has 0 aromatic rings. The minimum Gasteiger partial charge on any atom is -0.295 e. The minimum atomic E-state index is 0.00343. The van der Waals surface area contributed by atoms with Gasteiger partial charge in [-0.05, 0) is 5.92 Å². The average Bonchev–Trinajstić information content (AvgIpc) is 1.94. The van der Waals surface area contributed by atoms with Crippen molar-refractivity contribution in [2.75, 3.05) is 0 Å². The number of nitrogens with zero attached hydrogens (tertiary/aromatic N) is 2. The molecule has 1 aliphatic heterocycles. The maximum Gasteiger partial charge on any atom is 0.173 e. The summed E-state index contributed by atoms with van der Waals surface area (Å²) in [6.07, 6.45) is 1.33. The van der Waals surface area contributed by atoms with Crippen molar-refractivity contribution in [3.05, 3.63) is 0 Å². The van der Waals surface area contributed by atoms with Crippen molar-refractivity contribution in [1.82, 2.24) is 0 Å². The molecule has 0 amide bonds.